The minimum Gasteiger partial charge on any atom is -0.337 e. The van der Waals surface area contributed by atoms with Gasteiger partial charge in [0.15, 0.2) is 5.17 Å². The first-order chi connectivity index (χ1) is 17.2. The second kappa shape index (κ2) is 9.13. The number of fused-ring (bicyclic) bond motifs is 1. The van der Waals surface area contributed by atoms with Crippen LogP contribution < -0.4 is 4.90 Å². The maximum absolute atomic E-state index is 13.7. The number of aliphatic imine (C=N–C) groups is 1. The number of carbonyl (C=O) groups is 1. The van der Waals surface area contributed by atoms with E-state index in [1.165, 1.54) is 11.8 Å². The summed E-state index contributed by atoms with van der Waals surface area (Å²) in [7, 11) is 2.01. The molecule has 172 valence electrons. The summed E-state index contributed by atoms with van der Waals surface area (Å²) in [4.78, 5) is 28.5. The first kappa shape index (κ1) is 21.8. The van der Waals surface area contributed by atoms with Gasteiger partial charge in [-0.2, -0.15) is 0 Å². The van der Waals surface area contributed by atoms with E-state index in [1.54, 1.807) is 29.2 Å². The van der Waals surface area contributed by atoms with Gasteiger partial charge in [0.1, 0.15) is 4.91 Å². The molecular formula is C27H21N5OS2. The van der Waals surface area contributed by atoms with Crippen molar-refractivity contribution in [3.63, 3.8) is 0 Å². The molecule has 1 amide bonds. The molecule has 4 aromatic rings. The fourth-order valence-corrected chi connectivity index (χ4v) is 6.39. The van der Waals surface area contributed by atoms with Gasteiger partial charge in [0, 0.05) is 30.0 Å². The molecule has 35 heavy (non-hydrogen) atoms. The van der Waals surface area contributed by atoms with Crippen molar-refractivity contribution in [2.75, 3.05) is 11.9 Å². The predicted octanol–water partition coefficient (Wildman–Crippen LogP) is 6.05. The summed E-state index contributed by atoms with van der Waals surface area (Å²) in [6, 6.07) is 26.2. The molecule has 2 aliphatic heterocycles. The maximum Gasteiger partial charge on any atom is 0.269 e. The standard InChI is InChI=1S/C27H21N5OS2/c1-30-22-9-5-6-10-23(22)34-26(30)24-25(33)32(17-19-7-3-2-4-8-19)27(35-24)29-20-11-13-21(14-12-20)31-16-15-28-18-31/h2-16,18H,17H2,1H3/b26-24+,29-27?. The number of anilines is 1. The molecule has 6 rings (SSSR count). The van der Waals surface area contributed by atoms with Crippen molar-refractivity contribution in [1.29, 1.82) is 0 Å². The summed E-state index contributed by atoms with van der Waals surface area (Å²) >= 11 is 3.08. The van der Waals surface area contributed by atoms with Gasteiger partial charge < -0.3 is 9.47 Å². The molecule has 3 aromatic carbocycles. The highest BCUT2D eigenvalue weighted by Gasteiger charge is 2.39. The molecule has 2 aliphatic rings. The SMILES string of the molecule is CN1/C(=C2\SC(=Nc3ccc(-n4ccnc4)cc3)N(Cc3ccccc3)C2=O)Sc2ccccc21. The van der Waals surface area contributed by atoms with E-state index in [0.29, 0.717) is 16.6 Å². The van der Waals surface area contributed by atoms with Gasteiger partial charge >= 0.3 is 0 Å². The molecule has 8 heteroatoms. The highest BCUT2D eigenvalue weighted by atomic mass is 32.2. The molecular weight excluding hydrogens is 474 g/mol. The van der Waals surface area contributed by atoms with Crippen molar-refractivity contribution in [2.24, 2.45) is 4.99 Å². The number of thioether (sulfide) groups is 2. The Bertz CT molecular complexity index is 1450. The Balaban J connectivity index is 1.37. The van der Waals surface area contributed by atoms with Crippen LogP contribution in [0.5, 0.6) is 0 Å². The molecule has 0 saturated carbocycles. The van der Waals surface area contributed by atoms with Gasteiger partial charge in [-0.25, -0.2) is 9.98 Å². The number of aromatic nitrogens is 2. The summed E-state index contributed by atoms with van der Waals surface area (Å²) in [6.07, 6.45) is 5.42. The van der Waals surface area contributed by atoms with Crippen LogP contribution in [0.1, 0.15) is 5.56 Å². The van der Waals surface area contributed by atoms with Crippen molar-refractivity contribution >= 4 is 46.0 Å². The van der Waals surface area contributed by atoms with Gasteiger partial charge in [0.2, 0.25) is 0 Å². The predicted molar refractivity (Wildman–Crippen MR) is 143 cm³/mol. The lowest BCUT2D eigenvalue weighted by atomic mass is 10.2. The molecule has 0 bridgehead atoms. The number of benzene rings is 3. The van der Waals surface area contributed by atoms with Crippen LogP contribution in [-0.4, -0.2) is 32.6 Å². The molecule has 0 N–H and O–H groups in total. The number of para-hydroxylation sites is 1. The third-order valence-electron chi connectivity index (χ3n) is 5.86. The van der Waals surface area contributed by atoms with E-state index >= 15 is 0 Å². The minimum absolute atomic E-state index is 0.0187. The zero-order chi connectivity index (χ0) is 23.8. The topological polar surface area (TPSA) is 53.7 Å². The number of amidine groups is 1. The van der Waals surface area contributed by atoms with E-state index in [9.17, 15) is 4.79 Å². The molecule has 6 nitrogen and oxygen atoms in total. The summed E-state index contributed by atoms with van der Waals surface area (Å²) in [5.74, 6) is -0.0187. The van der Waals surface area contributed by atoms with Crippen molar-refractivity contribution < 1.29 is 4.79 Å². The number of carbonyl (C=O) groups excluding carboxylic acids is 1. The lowest BCUT2D eigenvalue weighted by Gasteiger charge is -2.17. The third kappa shape index (κ3) is 4.15. The van der Waals surface area contributed by atoms with E-state index in [-0.39, 0.29) is 5.91 Å². The molecule has 1 saturated heterocycles. The number of hydrogen-bond acceptors (Lipinski definition) is 6. The van der Waals surface area contributed by atoms with Crippen molar-refractivity contribution in [1.82, 2.24) is 14.5 Å². The number of nitrogens with zero attached hydrogens (tertiary/aromatic N) is 5. The average molecular weight is 496 g/mol. The van der Waals surface area contributed by atoms with Crippen LogP contribution >= 0.6 is 23.5 Å². The van der Waals surface area contributed by atoms with Gasteiger partial charge in [0.25, 0.3) is 5.91 Å². The summed E-state index contributed by atoms with van der Waals surface area (Å²) in [5, 5.41) is 1.63. The molecule has 0 unspecified atom stereocenters. The number of amides is 1. The Kier molecular flexibility index (Phi) is 5.67. The van der Waals surface area contributed by atoms with E-state index in [2.05, 4.69) is 22.0 Å². The van der Waals surface area contributed by atoms with Crippen LogP contribution in [0.25, 0.3) is 5.69 Å². The van der Waals surface area contributed by atoms with E-state index in [0.717, 1.165) is 32.6 Å². The normalized spacial score (nSPS) is 18.5. The van der Waals surface area contributed by atoms with Crippen LogP contribution in [0, 0.1) is 0 Å². The van der Waals surface area contributed by atoms with Gasteiger partial charge in [-0.05, 0) is 53.7 Å². The summed E-state index contributed by atoms with van der Waals surface area (Å²) < 4.78 is 1.94. The fraction of sp³-hybridized carbons (Fsp3) is 0.0741. The number of imidazole rings is 1. The summed E-state index contributed by atoms with van der Waals surface area (Å²) in [5.41, 5.74) is 3.98. The molecule has 0 aliphatic carbocycles. The van der Waals surface area contributed by atoms with Gasteiger partial charge in [-0.15, -0.1) is 0 Å². The maximum atomic E-state index is 13.7. The fourth-order valence-electron chi connectivity index (χ4n) is 4.05. The number of hydrogen-bond donors (Lipinski definition) is 0. The first-order valence-electron chi connectivity index (χ1n) is 11.1. The zero-order valence-corrected chi connectivity index (χ0v) is 20.5. The van der Waals surface area contributed by atoms with Crippen LogP contribution in [0.2, 0.25) is 0 Å². The smallest absolute Gasteiger partial charge is 0.269 e. The van der Waals surface area contributed by atoms with Crippen LogP contribution in [0.4, 0.5) is 11.4 Å². The second-order valence-corrected chi connectivity index (χ2v) is 10.1. The van der Waals surface area contributed by atoms with Crippen molar-refractivity contribution in [3.05, 3.63) is 113 Å². The average Bonchev–Trinajstić information content (AvgIpc) is 3.61. The molecule has 3 heterocycles. The monoisotopic (exact) mass is 495 g/mol. The van der Waals surface area contributed by atoms with Gasteiger partial charge in [0.05, 0.1) is 29.3 Å². The molecule has 1 fully saturated rings. The Morgan fingerprint density at radius 3 is 2.43 bits per heavy atom. The zero-order valence-electron chi connectivity index (χ0n) is 18.9. The Morgan fingerprint density at radius 1 is 0.914 bits per heavy atom. The highest BCUT2D eigenvalue weighted by molar-refractivity contribution is 8.19. The Hall–Kier alpha value is -3.75. The lowest BCUT2D eigenvalue weighted by Crippen LogP contribution is -2.29. The second-order valence-electron chi connectivity index (χ2n) is 8.12. The van der Waals surface area contributed by atoms with E-state index in [4.69, 9.17) is 4.99 Å². The summed E-state index contributed by atoms with van der Waals surface area (Å²) in [6.45, 7) is 0.469. The Morgan fingerprint density at radius 2 is 1.69 bits per heavy atom. The van der Waals surface area contributed by atoms with Crippen molar-refractivity contribution in [3.8, 4) is 5.69 Å². The van der Waals surface area contributed by atoms with E-state index < -0.39 is 0 Å². The minimum atomic E-state index is -0.0187. The van der Waals surface area contributed by atoms with Crippen LogP contribution in [0.3, 0.4) is 0 Å². The quantitative estimate of drug-likeness (QED) is 0.323. The van der Waals surface area contributed by atoms with Crippen molar-refractivity contribution in [2.45, 2.75) is 11.4 Å². The van der Waals surface area contributed by atoms with Gasteiger partial charge in [-0.1, -0.05) is 54.2 Å². The van der Waals surface area contributed by atoms with Crippen LogP contribution in [0.15, 0.2) is 117 Å². The Labute approximate surface area is 212 Å². The van der Waals surface area contributed by atoms with E-state index in [1.807, 2.05) is 84.5 Å². The highest BCUT2D eigenvalue weighted by Crippen LogP contribution is 2.50. The largest absolute Gasteiger partial charge is 0.337 e. The number of rotatable bonds is 4. The molecule has 0 spiro atoms. The molecule has 1 aromatic heterocycles. The molecule has 0 atom stereocenters. The van der Waals surface area contributed by atoms with Crippen LogP contribution in [-0.2, 0) is 11.3 Å². The molecule has 0 radical (unpaired) electrons. The van der Waals surface area contributed by atoms with Gasteiger partial charge in [-0.3, -0.25) is 9.69 Å². The first-order valence-corrected chi connectivity index (χ1v) is 12.8. The third-order valence-corrected chi connectivity index (χ3v) is 8.29. The lowest BCUT2D eigenvalue weighted by molar-refractivity contribution is -0.122.